The standard InChI is InChI=1S/C17H16NOS/c19-13-12-18-15-8-4-5-9-16(15)20-17(18)11-10-14-6-2-1-3-7-14/h1-11,19H,12-13H2/q+1. The fourth-order valence-corrected chi connectivity index (χ4v) is 3.33. The average Bonchev–Trinajstić information content (AvgIpc) is 2.85. The summed E-state index contributed by atoms with van der Waals surface area (Å²) in [4.78, 5) is 0. The lowest BCUT2D eigenvalue weighted by molar-refractivity contribution is -0.670. The summed E-state index contributed by atoms with van der Waals surface area (Å²) in [6.07, 6.45) is 4.23. The number of aliphatic hydroxyl groups excluding tert-OH is 1. The minimum atomic E-state index is 0.150. The second-order valence-corrected chi connectivity index (χ2v) is 5.59. The van der Waals surface area contributed by atoms with Gasteiger partial charge < -0.3 is 5.11 Å². The van der Waals surface area contributed by atoms with Crippen LogP contribution in [-0.2, 0) is 6.54 Å². The normalized spacial score (nSPS) is 11.4. The molecule has 0 saturated carbocycles. The lowest BCUT2D eigenvalue weighted by atomic mass is 10.2. The Bertz CT molecular complexity index is 731. The number of para-hydroxylation sites is 1. The predicted octanol–water partition coefficient (Wildman–Crippen LogP) is 3.35. The van der Waals surface area contributed by atoms with Crippen LogP contribution in [-0.4, -0.2) is 11.7 Å². The molecule has 0 atom stereocenters. The molecular formula is C17H16NOS+. The molecule has 0 saturated heterocycles. The molecule has 3 rings (SSSR count). The topological polar surface area (TPSA) is 24.1 Å². The largest absolute Gasteiger partial charge is 0.390 e. The van der Waals surface area contributed by atoms with Gasteiger partial charge in [-0.3, -0.25) is 0 Å². The molecule has 3 heteroatoms. The lowest BCUT2D eigenvalue weighted by Crippen LogP contribution is -2.36. The summed E-state index contributed by atoms with van der Waals surface area (Å²) in [6.45, 7) is 0.774. The fraction of sp³-hybridized carbons (Fsp3) is 0.118. The van der Waals surface area contributed by atoms with Crippen molar-refractivity contribution >= 4 is 33.7 Å². The number of nitrogens with zero attached hydrogens (tertiary/aromatic N) is 1. The molecule has 3 aromatic rings. The van der Waals surface area contributed by atoms with Crippen LogP contribution in [0.3, 0.4) is 0 Å². The van der Waals surface area contributed by atoms with Gasteiger partial charge in [0.1, 0.15) is 11.3 Å². The van der Waals surface area contributed by atoms with Gasteiger partial charge in [-0.05, 0) is 17.7 Å². The molecule has 0 fully saturated rings. The smallest absolute Gasteiger partial charge is 0.262 e. The molecule has 2 aromatic carbocycles. The first-order valence-corrected chi connectivity index (χ1v) is 7.45. The van der Waals surface area contributed by atoms with Crippen molar-refractivity contribution in [3.05, 3.63) is 65.2 Å². The maximum atomic E-state index is 9.27. The molecule has 1 heterocycles. The van der Waals surface area contributed by atoms with Crippen molar-refractivity contribution in [2.24, 2.45) is 0 Å². The monoisotopic (exact) mass is 282 g/mol. The third kappa shape index (κ3) is 2.64. The number of fused-ring (bicyclic) bond motifs is 1. The quantitative estimate of drug-likeness (QED) is 0.729. The molecule has 0 bridgehead atoms. The Balaban J connectivity index is 2.02. The first-order valence-electron chi connectivity index (χ1n) is 6.64. The van der Waals surface area contributed by atoms with Crippen molar-refractivity contribution in [3.8, 4) is 0 Å². The van der Waals surface area contributed by atoms with E-state index in [0.29, 0.717) is 6.54 Å². The zero-order valence-corrected chi connectivity index (χ0v) is 11.9. The van der Waals surface area contributed by atoms with Crippen molar-refractivity contribution in [2.75, 3.05) is 6.61 Å². The second kappa shape index (κ2) is 5.99. The van der Waals surface area contributed by atoms with E-state index in [9.17, 15) is 5.11 Å². The summed E-state index contributed by atoms with van der Waals surface area (Å²) in [6, 6.07) is 18.6. The zero-order chi connectivity index (χ0) is 13.8. The van der Waals surface area contributed by atoms with Crippen molar-refractivity contribution in [2.45, 2.75) is 6.54 Å². The van der Waals surface area contributed by atoms with Crippen molar-refractivity contribution in [1.82, 2.24) is 0 Å². The van der Waals surface area contributed by atoms with E-state index in [2.05, 4.69) is 41.0 Å². The van der Waals surface area contributed by atoms with Crippen LogP contribution in [0, 0.1) is 0 Å². The van der Waals surface area contributed by atoms with E-state index in [0.717, 1.165) is 5.01 Å². The van der Waals surface area contributed by atoms with Gasteiger partial charge in [-0.15, -0.1) is 0 Å². The van der Waals surface area contributed by atoms with Gasteiger partial charge in [0.25, 0.3) is 5.01 Å². The fourth-order valence-electron chi connectivity index (χ4n) is 2.24. The van der Waals surface area contributed by atoms with Crippen molar-refractivity contribution in [3.63, 3.8) is 0 Å². The molecule has 1 N–H and O–H groups in total. The van der Waals surface area contributed by atoms with Gasteiger partial charge in [0.05, 0.1) is 0 Å². The number of hydrogen-bond donors (Lipinski definition) is 1. The van der Waals surface area contributed by atoms with Crippen molar-refractivity contribution < 1.29 is 9.67 Å². The molecule has 0 aliphatic heterocycles. The van der Waals surface area contributed by atoms with E-state index in [1.807, 2.05) is 30.3 Å². The molecule has 100 valence electrons. The Morgan fingerprint density at radius 2 is 1.70 bits per heavy atom. The zero-order valence-electron chi connectivity index (χ0n) is 11.1. The van der Waals surface area contributed by atoms with Crippen LogP contribution in [0.5, 0.6) is 0 Å². The Labute approximate surface area is 122 Å². The van der Waals surface area contributed by atoms with Gasteiger partial charge in [-0.25, -0.2) is 0 Å². The number of aliphatic hydroxyl groups is 1. The molecular weight excluding hydrogens is 266 g/mol. The first kappa shape index (κ1) is 13.0. The summed E-state index contributed by atoms with van der Waals surface area (Å²) in [5.74, 6) is 0. The molecule has 0 spiro atoms. The highest BCUT2D eigenvalue weighted by atomic mass is 32.1. The molecule has 0 unspecified atom stereocenters. The maximum absolute atomic E-state index is 9.27. The molecule has 0 amide bonds. The van der Waals surface area contributed by atoms with Crippen LogP contribution in [0.4, 0.5) is 0 Å². The van der Waals surface area contributed by atoms with Crippen LogP contribution in [0.1, 0.15) is 10.6 Å². The molecule has 2 nitrogen and oxygen atoms in total. The lowest BCUT2D eigenvalue weighted by Gasteiger charge is -1.94. The summed E-state index contributed by atoms with van der Waals surface area (Å²) < 4.78 is 3.41. The van der Waals surface area contributed by atoms with Crippen LogP contribution >= 0.6 is 11.3 Å². The number of aromatic nitrogens is 1. The van der Waals surface area contributed by atoms with Gasteiger partial charge >= 0.3 is 0 Å². The number of benzene rings is 2. The van der Waals surface area contributed by atoms with Gasteiger partial charge in [0.2, 0.25) is 5.52 Å². The summed E-state index contributed by atoms with van der Waals surface area (Å²) >= 11 is 1.75. The third-order valence-corrected chi connectivity index (χ3v) is 4.31. The average molecular weight is 282 g/mol. The molecule has 0 radical (unpaired) electrons. The minimum Gasteiger partial charge on any atom is -0.390 e. The Kier molecular flexibility index (Phi) is 3.90. The second-order valence-electron chi connectivity index (χ2n) is 4.53. The van der Waals surface area contributed by atoms with Crippen LogP contribution in [0.25, 0.3) is 22.4 Å². The summed E-state index contributed by atoms with van der Waals surface area (Å²) in [5.41, 5.74) is 2.36. The van der Waals surface area contributed by atoms with Crippen LogP contribution < -0.4 is 4.57 Å². The molecule has 20 heavy (non-hydrogen) atoms. The van der Waals surface area contributed by atoms with Gasteiger partial charge in [-0.2, -0.15) is 4.57 Å². The predicted molar refractivity (Wildman–Crippen MR) is 84.5 cm³/mol. The first-order chi connectivity index (χ1) is 9.88. The number of rotatable bonds is 4. The van der Waals surface area contributed by atoms with E-state index in [-0.39, 0.29) is 6.61 Å². The van der Waals surface area contributed by atoms with E-state index in [4.69, 9.17) is 0 Å². The Morgan fingerprint density at radius 1 is 0.950 bits per heavy atom. The van der Waals surface area contributed by atoms with E-state index >= 15 is 0 Å². The van der Waals surface area contributed by atoms with Gasteiger partial charge in [-0.1, -0.05) is 53.8 Å². The SMILES string of the molecule is OCC[n+]1c(C=Cc2ccccc2)sc2ccccc21. The van der Waals surface area contributed by atoms with Crippen LogP contribution in [0.2, 0.25) is 0 Å². The number of hydrogen-bond acceptors (Lipinski definition) is 2. The van der Waals surface area contributed by atoms with Crippen molar-refractivity contribution in [1.29, 1.82) is 0 Å². The Morgan fingerprint density at radius 3 is 2.50 bits per heavy atom. The Hall–Kier alpha value is -1.97. The van der Waals surface area contributed by atoms with Gasteiger partial charge in [0.15, 0.2) is 6.54 Å². The van der Waals surface area contributed by atoms with Crippen LogP contribution in [0.15, 0.2) is 54.6 Å². The maximum Gasteiger partial charge on any atom is 0.262 e. The van der Waals surface area contributed by atoms with E-state index < -0.39 is 0 Å². The van der Waals surface area contributed by atoms with E-state index in [1.54, 1.807) is 11.3 Å². The minimum absolute atomic E-state index is 0.150. The van der Waals surface area contributed by atoms with Gasteiger partial charge in [0, 0.05) is 12.1 Å². The number of thiazole rings is 1. The third-order valence-electron chi connectivity index (χ3n) is 3.18. The molecule has 1 aromatic heterocycles. The molecule has 0 aliphatic carbocycles. The summed E-state index contributed by atoms with van der Waals surface area (Å²) in [7, 11) is 0. The molecule has 0 aliphatic rings. The highest BCUT2D eigenvalue weighted by molar-refractivity contribution is 7.18. The summed E-state index contributed by atoms with van der Waals surface area (Å²) in [5, 5.41) is 10.4. The highest BCUT2D eigenvalue weighted by Gasteiger charge is 2.17. The highest BCUT2D eigenvalue weighted by Crippen LogP contribution is 2.21. The van der Waals surface area contributed by atoms with E-state index in [1.165, 1.54) is 15.8 Å².